The minimum atomic E-state index is -0.968. The molecule has 3 N–H and O–H groups in total. The summed E-state index contributed by atoms with van der Waals surface area (Å²) in [4.78, 5) is 9.24. The van der Waals surface area contributed by atoms with Gasteiger partial charge in [-0.2, -0.15) is 0 Å². The van der Waals surface area contributed by atoms with E-state index in [1.807, 2.05) is 0 Å². The molecule has 0 aromatic carbocycles. The molecule has 0 unspecified atom stereocenters. The molecule has 0 amide bonds. The van der Waals surface area contributed by atoms with Crippen molar-refractivity contribution >= 4 is 5.97 Å². The van der Waals surface area contributed by atoms with Crippen molar-refractivity contribution in [1.82, 2.24) is 0 Å². The van der Waals surface area contributed by atoms with Crippen LogP contribution in [0.2, 0.25) is 0 Å². The Balaban J connectivity index is 0.000000114. The number of nitrogens with two attached hydrogens (primary N) is 1. The van der Waals surface area contributed by atoms with Gasteiger partial charge in [-0.3, -0.25) is 4.79 Å². The largest absolute Gasteiger partial charge is 0.480 e. The Kier molecular flexibility index (Phi) is 2.88. The van der Waals surface area contributed by atoms with E-state index in [2.05, 4.69) is 5.73 Å². The van der Waals surface area contributed by atoms with Crippen molar-refractivity contribution in [3.8, 4) is 0 Å². The van der Waals surface area contributed by atoms with Crippen LogP contribution in [0.15, 0.2) is 0 Å². The zero-order valence-corrected chi connectivity index (χ0v) is 6.62. The molecule has 0 heterocycles. The fraction of sp³-hybridized carbons (Fsp3) is 0.875. The lowest BCUT2D eigenvalue weighted by molar-refractivity contribution is -0.135. The molecule has 64 valence electrons. The highest BCUT2D eigenvalue weighted by atomic mass is 16.4. The predicted molar refractivity (Wildman–Crippen MR) is 42.1 cm³/mol. The van der Waals surface area contributed by atoms with Gasteiger partial charge in [0.1, 0.15) is 0 Å². The Labute approximate surface area is 66.6 Å². The van der Waals surface area contributed by atoms with Crippen LogP contribution in [-0.2, 0) is 4.79 Å². The molecule has 0 saturated heterocycles. The van der Waals surface area contributed by atoms with Crippen molar-refractivity contribution in [1.29, 1.82) is 0 Å². The first-order valence-corrected chi connectivity index (χ1v) is 4.16. The van der Waals surface area contributed by atoms with Crippen LogP contribution in [0.5, 0.6) is 0 Å². The predicted octanol–water partition coefficient (Wildman–Crippen LogP) is 0.836. The molecule has 2 fully saturated rings. The zero-order chi connectivity index (χ0) is 8.27. The Morgan fingerprint density at radius 2 is 1.55 bits per heavy atom. The first-order chi connectivity index (χ1) is 5.24. The minimum absolute atomic E-state index is 0.278. The number of rotatable bonds is 1. The molecule has 0 aromatic heterocycles. The average molecular weight is 157 g/mol. The van der Waals surface area contributed by atoms with E-state index in [1.165, 1.54) is 11.8 Å². The molecule has 11 heavy (non-hydrogen) atoms. The Morgan fingerprint density at radius 1 is 1.27 bits per heavy atom. The van der Waals surface area contributed by atoms with Crippen molar-refractivity contribution in [3.05, 3.63) is 0 Å². The number of hydrogen-bond donors (Lipinski definition) is 2. The number of hydrogen-bond acceptors (Lipinski definition) is 2. The second-order valence-corrected chi connectivity index (χ2v) is 3.27. The molecule has 3 nitrogen and oxygen atoms in total. The van der Waals surface area contributed by atoms with Gasteiger partial charge in [-0.05, 0) is 37.5 Å². The van der Waals surface area contributed by atoms with E-state index in [-0.39, 0.29) is 6.54 Å². The summed E-state index contributed by atoms with van der Waals surface area (Å²) >= 11 is 0. The maximum absolute atomic E-state index is 9.24. The molecule has 0 aromatic rings. The van der Waals surface area contributed by atoms with E-state index in [4.69, 9.17) is 5.11 Å². The molecular formula is C8H15NO2. The van der Waals surface area contributed by atoms with E-state index < -0.39 is 5.97 Å². The van der Waals surface area contributed by atoms with Crippen molar-refractivity contribution < 1.29 is 9.90 Å². The third-order valence-electron chi connectivity index (χ3n) is 2.66. The number of carboxylic acid groups (broad SMARTS) is 1. The van der Waals surface area contributed by atoms with Gasteiger partial charge in [0, 0.05) is 0 Å². The Hall–Kier alpha value is -0.570. The highest BCUT2D eigenvalue weighted by molar-refractivity contribution is 5.68. The topological polar surface area (TPSA) is 63.3 Å². The monoisotopic (exact) mass is 157 g/mol. The molecule has 2 rings (SSSR count). The molecule has 0 spiro atoms. The summed E-state index contributed by atoms with van der Waals surface area (Å²) in [5, 5.41) is 7.60. The summed E-state index contributed by atoms with van der Waals surface area (Å²) in [5.74, 6) is 1.46. The van der Waals surface area contributed by atoms with E-state index in [0.29, 0.717) is 0 Å². The van der Waals surface area contributed by atoms with Gasteiger partial charge >= 0.3 is 5.97 Å². The highest BCUT2D eigenvalue weighted by Gasteiger charge is 2.37. The van der Waals surface area contributed by atoms with Gasteiger partial charge in [0.25, 0.3) is 0 Å². The third kappa shape index (κ3) is 2.19. The number of aliphatic carboxylic acids is 1. The van der Waals surface area contributed by atoms with Crippen molar-refractivity contribution in [2.24, 2.45) is 17.6 Å². The number of carbonyl (C=O) groups is 1. The van der Waals surface area contributed by atoms with Gasteiger partial charge in [0.2, 0.25) is 0 Å². The molecule has 2 aliphatic rings. The summed E-state index contributed by atoms with van der Waals surface area (Å²) in [5.41, 5.74) is 4.57. The molecule has 0 radical (unpaired) electrons. The van der Waals surface area contributed by atoms with Crippen LogP contribution in [0, 0.1) is 11.8 Å². The lowest BCUT2D eigenvalue weighted by Gasteiger charge is -2.46. The molecule has 0 bridgehead atoms. The van der Waals surface area contributed by atoms with Gasteiger partial charge in [-0.25, -0.2) is 0 Å². The smallest absolute Gasteiger partial charge is 0.317 e. The van der Waals surface area contributed by atoms with Gasteiger partial charge in [-0.15, -0.1) is 0 Å². The normalized spacial score (nSPS) is 31.7. The van der Waals surface area contributed by atoms with Crippen molar-refractivity contribution in [2.75, 3.05) is 6.54 Å². The summed E-state index contributed by atoms with van der Waals surface area (Å²) in [7, 11) is 0. The van der Waals surface area contributed by atoms with Crippen LogP contribution in [-0.4, -0.2) is 17.6 Å². The fourth-order valence-corrected chi connectivity index (χ4v) is 1.56. The quantitative estimate of drug-likeness (QED) is 0.592. The van der Waals surface area contributed by atoms with Crippen LogP contribution in [0.4, 0.5) is 0 Å². The molecule has 0 atom stereocenters. The lowest BCUT2D eigenvalue weighted by atomic mass is 9.60. The highest BCUT2D eigenvalue weighted by Crippen LogP contribution is 2.49. The van der Waals surface area contributed by atoms with E-state index >= 15 is 0 Å². The van der Waals surface area contributed by atoms with E-state index in [9.17, 15) is 4.79 Å². The standard InChI is InChI=1S/C6H10.C2H5NO2/c1-2-6-4-3-5(1)6;3-1-2(4)5/h5-6H,1-4H2;1,3H2,(H,4,5). The SMILES string of the molecule is C1CC2CCC12.NCC(=O)O. The Bertz CT molecular complexity index is 129. The summed E-state index contributed by atoms with van der Waals surface area (Å²) in [6.45, 7) is -0.278. The average Bonchev–Trinajstić information content (AvgIpc) is 1.98. The van der Waals surface area contributed by atoms with Crippen molar-refractivity contribution in [2.45, 2.75) is 25.7 Å². The van der Waals surface area contributed by atoms with E-state index in [1.54, 1.807) is 25.7 Å². The van der Waals surface area contributed by atoms with Crippen LogP contribution < -0.4 is 5.73 Å². The third-order valence-corrected chi connectivity index (χ3v) is 2.66. The molecular weight excluding hydrogens is 142 g/mol. The maximum Gasteiger partial charge on any atom is 0.317 e. The zero-order valence-electron chi connectivity index (χ0n) is 6.62. The van der Waals surface area contributed by atoms with Crippen molar-refractivity contribution in [3.63, 3.8) is 0 Å². The van der Waals surface area contributed by atoms with Gasteiger partial charge in [0.15, 0.2) is 0 Å². The van der Waals surface area contributed by atoms with Gasteiger partial charge in [0.05, 0.1) is 6.54 Å². The first-order valence-electron chi connectivity index (χ1n) is 4.16. The fourth-order valence-electron chi connectivity index (χ4n) is 1.56. The molecule has 2 aliphatic carbocycles. The van der Waals surface area contributed by atoms with Crippen LogP contribution in [0.25, 0.3) is 0 Å². The van der Waals surface area contributed by atoms with Gasteiger partial charge in [-0.1, -0.05) is 0 Å². The molecule has 0 aliphatic heterocycles. The first kappa shape index (κ1) is 8.53. The minimum Gasteiger partial charge on any atom is -0.480 e. The van der Waals surface area contributed by atoms with Crippen LogP contribution >= 0.6 is 0 Å². The summed E-state index contributed by atoms with van der Waals surface area (Å²) in [6.07, 6.45) is 6.24. The summed E-state index contributed by atoms with van der Waals surface area (Å²) in [6, 6.07) is 0. The summed E-state index contributed by atoms with van der Waals surface area (Å²) < 4.78 is 0. The Morgan fingerprint density at radius 3 is 1.55 bits per heavy atom. The van der Waals surface area contributed by atoms with Crippen LogP contribution in [0.3, 0.4) is 0 Å². The second kappa shape index (κ2) is 3.72. The van der Waals surface area contributed by atoms with Gasteiger partial charge < -0.3 is 10.8 Å². The second-order valence-electron chi connectivity index (χ2n) is 3.27. The number of carboxylic acids is 1. The number of fused-ring (bicyclic) bond motifs is 1. The van der Waals surface area contributed by atoms with E-state index in [0.717, 1.165) is 0 Å². The molecule has 3 heteroatoms. The lowest BCUT2D eigenvalue weighted by Crippen LogP contribution is -2.34. The maximum atomic E-state index is 9.24. The van der Waals surface area contributed by atoms with Crippen LogP contribution in [0.1, 0.15) is 25.7 Å². The molecule has 2 saturated carbocycles.